The van der Waals surface area contributed by atoms with Crippen molar-refractivity contribution in [2.45, 2.75) is 5.92 Å². The number of halogens is 2. The summed E-state index contributed by atoms with van der Waals surface area (Å²) in [6, 6.07) is 16.0. The fourth-order valence-corrected chi connectivity index (χ4v) is 4.19. The predicted octanol–water partition coefficient (Wildman–Crippen LogP) is 4.60. The Balaban J connectivity index is 0.00000131. The monoisotopic (exact) mass is 421 g/mol. The smallest absolute Gasteiger partial charge is 0.229 e. The van der Waals surface area contributed by atoms with Crippen LogP contribution in [0.3, 0.4) is 0 Å². The number of anilines is 1. The molecule has 1 amide bonds. The van der Waals surface area contributed by atoms with Crippen LogP contribution in [-0.4, -0.2) is 24.0 Å². The van der Waals surface area contributed by atoms with E-state index in [0.29, 0.717) is 0 Å². The first-order valence-electron chi connectivity index (χ1n) is 8.37. The Kier molecular flexibility index (Phi) is 7.80. The molecule has 1 saturated heterocycles. The standard InChI is InChI=1S/C20H19N3OS.2ClH/c24-20(18-13-22-12-17(18)19-7-3-9-25-19)23-16-6-1-4-14(10-16)15-5-2-8-21-11-15;;/h1-11,17-18,22H,12-13H2,(H,23,24);2*1H/t17-,18-;;/m0../s1. The minimum atomic E-state index is -0.0410. The molecule has 1 aromatic carbocycles. The van der Waals surface area contributed by atoms with Crippen LogP contribution >= 0.6 is 36.2 Å². The normalized spacial score (nSPS) is 18.2. The van der Waals surface area contributed by atoms with Gasteiger partial charge in [-0.3, -0.25) is 9.78 Å². The molecular formula is C20H21Cl2N3OS. The van der Waals surface area contributed by atoms with E-state index in [4.69, 9.17) is 0 Å². The Hall–Kier alpha value is -1.92. The van der Waals surface area contributed by atoms with Gasteiger partial charge in [-0.05, 0) is 35.2 Å². The van der Waals surface area contributed by atoms with Gasteiger partial charge in [-0.1, -0.05) is 24.3 Å². The van der Waals surface area contributed by atoms with Gasteiger partial charge < -0.3 is 10.6 Å². The summed E-state index contributed by atoms with van der Waals surface area (Å²) in [5.41, 5.74) is 2.91. The third kappa shape index (κ3) is 4.87. The summed E-state index contributed by atoms with van der Waals surface area (Å²) in [6.45, 7) is 1.57. The number of carbonyl (C=O) groups excluding carboxylic acids is 1. The fourth-order valence-electron chi connectivity index (χ4n) is 3.30. The van der Waals surface area contributed by atoms with Crippen molar-refractivity contribution in [3.8, 4) is 11.1 Å². The number of nitrogens with one attached hydrogen (secondary N) is 2. The number of hydrogen-bond acceptors (Lipinski definition) is 4. The number of aromatic nitrogens is 1. The molecule has 0 aliphatic carbocycles. The highest BCUT2D eigenvalue weighted by atomic mass is 35.5. The predicted molar refractivity (Wildman–Crippen MR) is 116 cm³/mol. The van der Waals surface area contributed by atoms with E-state index < -0.39 is 0 Å². The number of thiophene rings is 1. The molecule has 0 spiro atoms. The van der Waals surface area contributed by atoms with Gasteiger partial charge in [-0.25, -0.2) is 0 Å². The lowest BCUT2D eigenvalue weighted by Gasteiger charge is -2.17. The molecule has 1 aliphatic heterocycles. The lowest BCUT2D eigenvalue weighted by atomic mass is 9.93. The summed E-state index contributed by atoms with van der Waals surface area (Å²) in [7, 11) is 0. The maximum atomic E-state index is 12.8. The highest BCUT2D eigenvalue weighted by Crippen LogP contribution is 2.32. The third-order valence-corrected chi connectivity index (χ3v) is 5.59. The molecule has 7 heteroatoms. The molecular weight excluding hydrogens is 401 g/mol. The third-order valence-electron chi connectivity index (χ3n) is 4.58. The minimum absolute atomic E-state index is 0. The second-order valence-corrected chi connectivity index (χ2v) is 7.18. The summed E-state index contributed by atoms with van der Waals surface area (Å²) in [5.74, 6) is 0.286. The zero-order chi connectivity index (χ0) is 17.1. The number of rotatable bonds is 4. The lowest BCUT2D eigenvalue weighted by molar-refractivity contribution is -0.119. The van der Waals surface area contributed by atoms with Crippen LogP contribution in [-0.2, 0) is 4.79 Å². The molecule has 3 heterocycles. The fraction of sp³-hybridized carbons (Fsp3) is 0.200. The minimum Gasteiger partial charge on any atom is -0.326 e. The van der Waals surface area contributed by atoms with E-state index in [1.54, 1.807) is 17.5 Å². The van der Waals surface area contributed by atoms with Crippen LogP contribution in [0.2, 0.25) is 0 Å². The molecule has 0 saturated carbocycles. The van der Waals surface area contributed by atoms with Gasteiger partial charge >= 0.3 is 0 Å². The van der Waals surface area contributed by atoms with Crippen molar-refractivity contribution in [1.82, 2.24) is 10.3 Å². The first kappa shape index (κ1) is 21.4. The highest BCUT2D eigenvalue weighted by Gasteiger charge is 2.34. The molecule has 1 fully saturated rings. The Morgan fingerprint density at radius 1 is 1.07 bits per heavy atom. The molecule has 2 atom stereocenters. The van der Waals surface area contributed by atoms with Gasteiger partial charge in [-0.2, -0.15) is 0 Å². The van der Waals surface area contributed by atoms with Crippen molar-refractivity contribution >= 4 is 47.7 Å². The number of benzene rings is 1. The molecule has 0 unspecified atom stereocenters. The molecule has 0 bridgehead atoms. The summed E-state index contributed by atoms with van der Waals surface area (Å²) >= 11 is 1.72. The molecule has 0 radical (unpaired) electrons. The average Bonchev–Trinajstić information content (AvgIpc) is 3.34. The molecule has 2 aromatic heterocycles. The molecule has 2 N–H and O–H groups in total. The molecule has 4 nitrogen and oxygen atoms in total. The molecule has 3 aromatic rings. The Bertz CT molecular complexity index is 859. The van der Waals surface area contributed by atoms with Crippen molar-refractivity contribution in [1.29, 1.82) is 0 Å². The van der Waals surface area contributed by atoms with Crippen LogP contribution in [0.15, 0.2) is 66.3 Å². The van der Waals surface area contributed by atoms with Crippen molar-refractivity contribution in [3.63, 3.8) is 0 Å². The number of pyridine rings is 1. The van der Waals surface area contributed by atoms with Gasteiger partial charge in [0, 0.05) is 47.5 Å². The van der Waals surface area contributed by atoms with Crippen molar-refractivity contribution in [3.05, 3.63) is 71.2 Å². The first-order valence-corrected chi connectivity index (χ1v) is 9.25. The van der Waals surface area contributed by atoms with Crippen molar-refractivity contribution in [2.24, 2.45) is 5.92 Å². The average molecular weight is 422 g/mol. The number of nitrogens with zero attached hydrogens (tertiary/aromatic N) is 1. The second-order valence-electron chi connectivity index (χ2n) is 6.20. The summed E-state index contributed by atoms with van der Waals surface area (Å²) < 4.78 is 0. The van der Waals surface area contributed by atoms with Gasteiger partial charge in [0.15, 0.2) is 0 Å². The zero-order valence-corrected chi connectivity index (χ0v) is 16.9. The Morgan fingerprint density at radius 2 is 1.93 bits per heavy atom. The first-order chi connectivity index (χ1) is 12.3. The lowest BCUT2D eigenvalue weighted by Crippen LogP contribution is -2.27. The van der Waals surface area contributed by atoms with Gasteiger partial charge in [0.05, 0.1) is 5.92 Å². The second kappa shape index (κ2) is 9.85. The van der Waals surface area contributed by atoms with Crippen LogP contribution in [0.25, 0.3) is 11.1 Å². The van der Waals surface area contributed by atoms with E-state index in [9.17, 15) is 4.79 Å². The molecule has 4 rings (SSSR count). The molecule has 142 valence electrons. The van der Waals surface area contributed by atoms with Gasteiger partial charge in [0.25, 0.3) is 0 Å². The topological polar surface area (TPSA) is 54.0 Å². The van der Waals surface area contributed by atoms with E-state index in [2.05, 4.69) is 27.1 Å². The van der Waals surface area contributed by atoms with Gasteiger partial charge in [0.1, 0.15) is 0 Å². The maximum Gasteiger partial charge on any atom is 0.229 e. The van der Waals surface area contributed by atoms with Crippen molar-refractivity contribution in [2.75, 3.05) is 18.4 Å². The Morgan fingerprint density at radius 3 is 2.67 bits per heavy atom. The number of hydrogen-bond donors (Lipinski definition) is 2. The van der Waals surface area contributed by atoms with Gasteiger partial charge in [0.2, 0.25) is 5.91 Å². The van der Waals surface area contributed by atoms with Crippen LogP contribution in [0.4, 0.5) is 5.69 Å². The van der Waals surface area contributed by atoms with Gasteiger partial charge in [-0.15, -0.1) is 36.2 Å². The van der Waals surface area contributed by atoms with Crippen LogP contribution in [0, 0.1) is 5.92 Å². The van der Waals surface area contributed by atoms with Crippen LogP contribution in [0.5, 0.6) is 0 Å². The number of amides is 1. The SMILES string of the molecule is Cl.Cl.O=C(Nc1cccc(-c2cccnc2)c1)[C@H]1CNC[C@@H]1c1cccs1. The van der Waals surface area contributed by atoms with E-state index in [1.165, 1.54) is 4.88 Å². The largest absolute Gasteiger partial charge is 0.326 e. The van der Waals surface area contributed by atoms with E-state index in [0.717, 1.165) is 29.9 Å². The molecule has 1 aliphatic rings. The summed E-state index contributed by atoms with van der Waals surface area (Å²) in [5, 5.41) is 8.51. The highest BCUT2D eigenvalue weighted by molar-refractivity contribution is 7.10. The van der Waals surface area contributed by atoms with Crippen LogP contribution < -0.4 is 10.6 Å². The summed E-state index contributed by atoms with van der Waals surface area (Å²) in [4.78, 5) is 18.2. The zero-order valence-electron chi connectivity index (χ0n) is 14.5. The van der Waals surface area contributed by atoms with E-state index in [1.807, 2.05) is 48.7 Å². The van der Waals surface area contributed by atoms with E-state index >= 15 is 0 Å². The van der Waals surface area contributed by atoms with Crippen LogP contribution in [0.1, 0.15) is 10.8 Å². The number of carbonyl (C=O) groups is 1. The maximum absolute atomic E-state index is 12.8. The molecule has 27 heavy (non-hydrogen) atoms. The quantitative estimate of drug-likeness (QED) is 0.647. The van der Waals surface area contributed by atoms with Crippen molar-refractivity contribution < 1.29 is 4.79 Å². The van der Waals surface area contributed by atoms with E-state index in [-0.39, 0.29) is 42.6 Å². The Labute approximate surface area is 175 Å². The summed E-state index contributed by atoms with van der Waals surface area (Å²) in [6.07, 6.45) is 3.58.